The molecule has 0 aliphatic carbocycles. The van der Waals surface area contributed by atoms with Crippen molar-refractivity contribution in [3.05, 3.63) is 29.3 Å². The van der Waals surface area contributed by atoms with Crippen LogP contribution in [0.5, 0.6) is 5.75 Å². The summed E-state index contributed by atoms with van der Waals surface area (Å²) in [7, 11) is 0. The molecule has 0 fully saturated rings. The van der Waals surface area contributed by atoms with E-state index in [0.29, 0.717) is 6.29 Å². The summed E-state index contributed by atoms with van der Waals surface area (Å²) >= 11 is 0. The molecular formula is C10H8O5. The van der Waals surface area contributed by atoms with Crippen molar-refractivity contribution < 1.29 is 24.2 Å². The lowest BCUT2D eigenvalue weighted by Crippen LogP contribution is -2.09. The van der Waals surface area contributed by atoms with E-state index in [1.807, 2.05) is 0 Å². The number of hydrogen-bond acceptors (Lipinski definition) is 4. The summed E-state index contributed by atoms with van der Waals surface area (Å²) < 4.78 is 4.67. The number of carboxylic acids is 1. The lowest BCUT2D eigenvalue weighted by Gasteiger charge is -2.06. The van der Waals surface area contributed by atoms with Gasteiger partial charge >= 0.3 is 11.9 Å². The SMILES string of the molecule is CC(=O)Oc1cccc(C=O)c1C(=O)O. The van der Waals surface area contributed by atoms with Gasteiger partial charge in [0.15, 0.2) is 6.29 Å². The summed E-state index contributed by atoms with van der Waals surface area (Å²) in [4.78, 5) is 32.1. The molecule has 5 heteroatoms. The summed E-state index contributed by atoms with van der Waals surface area (Å²) in [6.07, 6.45) is 0.399. The average Bonchev–Trinajstić information content (AvgIpc) is 2.15. The largest absolute Gasteiger partial charge is 0.478 e. The third-order valence-electron chi connectivity index (χ3n) is 1.65. The van der Waals surface area contributed by atoms with Crippen LogP contribution < -0.4 is 4.74 Å². The van der Waals surface area contributed by atoms with Crippen LogP contribution in [-0.2, 0) is 4.79 Å². The number of aromatic carboxylic acids is 1. The number of ether oxygens (including phenoxy) is 1. The van der Waals surface area contributed by atoms with Crippen molar-refractivity contribution in [2.24, 2.45) is 0 Å². The van der Waals surface area contributed by atoms with Gasteiger partial charge in [0.25, 0.3) is 0 Å². The number of carboxylic acid groups (broad SMARTS) is 1. The van der Waals surface area contributed by atoms with E-state index < -0.39 is 11.9 Å². The summed E-state index contributed by atoms with van der Waals surface area (Å²) in [6.45, 7) is 1.15. The highest BCUT2D eigenvalue weighted by Crippen LogP contribution is 2.21. The van der Waals surface area contributed by atoms with Crippen molar-refractivity contribution in [1.82, 2.24) is 0 Å². The maximum atomic E-state index is 10.8. The molecule has 1 aromatic rings. The zero-order valence-electron chi connectivity index (χ0n) is 7.89. The number of esters is 1. The standard InChI is InChI=1S/C10H8O5/c1-6(12)15-8-4-2-3-7(5-11)9(8)10(13)14/h2-5H,1H3,(H,13,14). The zero-order chi connectivity index (χ0) is 11.4. The molecule has 0 radical (unpaired) electrons. The van der Waals surface area contributed by atoms with E-state index in [4.69, 9.17) is 5.11 Å². The van der Waals surface area contributed by atoms with E-state index in [1.165, 1.54) is 18.2 Å². The minimum atomic E-state index is -1.31. The van der Waals surface area contributed by atoms with Crippen LogP contribution in [0.3, 0.4) is 0 Å². The van der Waals surface area contributed by atoms with Gasteiger partial charge in [0, 0.05) is 12.5 Å². The van der Waals surface area contributed by atoms with E-state index in [2.05, 4.69) is 4.74 Å². The summed E-state index contributed by atoms with van der Waals surface area (Å²) in [5.41, 5.74) is -0.330. The lowest BCUT2D eigenvalue weighted by atomic mass is 10.1. The molecule has 0 aromatic heterocycles. The average molecular weight is 208 g/mol. The smallest absolute Gasteiger partial charge is 0.340 e. The van der Waals surface area contributed by atoms with E-state index in [-0.39, 0.29) is 16.9 Å². The van der Waals surface area contributed by atoms with Gasteiger partial charge in [0.1, 0.15) is 11.3 Å². The van der Waals surface area contributed by atoms with Crippen LogP contribution in [-0.4, -0.2) is 23.3 Å². The van der Waals surface area contributed by atoms with Gasteiger partial charge in [-0.25, -0.2) is 4.79 Å². The number of carbonyl (C=O) groups excluding carboxylic acids is 2. The highest BCUT2D eigenvalue weighted by Gasteiger charge is 2.17. The molecule has 0 atom stereocenters. The number of carbonyl (C=O) groups is 3. The highest BCUT2D eigenvalue weighted by molar-refractivity contribution is 6.00. The molecule has 0 unspecified atom stereocenters. The van der Waals surface area contributed by atoms with Crippen LogP contribution >= 0.6 is 0 Å². The Hall–Kier alpha value is -2.17. The first-order valence-electron chi connectivity index (χ1n) is 4.06. The summed E-state index contributed by atoms with van der Waals surface area (Å²) in [6, 6.07) is 4.09. The van der Waals surface area contributed by atoms with Gasteiger partial charge in [-0.05, 0) is 6.07 Å². The topological polar surface area (TPSA) is 80.7 Å². The molecule has 0 amide bonds. The first kappa shape index (κ1) is 10.9. The Morgan fingerprint density at radius 1 is 1.40 bits per heavy atom. The molecule has 0 aliphatic heterocycles. The summed E-state index contributed by atoms with van der Waals surface area (Å²) in [5, 5.41) is 8.84. The Kier molecular flexibility index (Phi) is 3.17. The van der Waals surface area contributed by atoms with Crippen molar-refractivity contribution in [2.45, 2.75) is 6.92 Å². The number of benzene rings is 1. The van der Waals surface area contributed by atoms with Gasteiger partial charge in [0.2, 0.25) is 0 Å². The molecule has 0 spiro atoms. The molecule has 5 nitrogen and oxygen atoms in total. The first-order valence-corrected chi connectivity index (χ1v) is 4.06. The predicted octanol–water partition coefficient (Wildman–Crippen LogP) is 1.12. The molecule has 0 bridgehead atoms. The monoisotopic (exact) mass is 208 g/mol. The third kappa shape index (κ3) is 2.40. The zero-order valence-corrected chi connectivity index (χ0v) is 7.89. The molecule has 1 aromatic carbocycles. The van der Waals surface area contributed by atoms with E-state index in [9.17, 15) is 14.4 Å². The molecule has 1 N–H and O–H groups in total. The molecule has 0 heterocycles. The maximum Gasteiger partial charge on any atom is 0.340 e. The Morgan fingerprint density at radius 3 is 2.53 bits per heavy atom. The fraction of sp³-hybridized carbons (Fsp3) is 0.100. The number of aldehydes is 1. The second-order valence-electron chi connectivity index (χ2n) is 2.74. The fourth-order valence-corrected chi connectivity index (χ4v) is 1.12. The first-order chi connectivity index (χ1) is 7.06. The van der Waals surface area contributed by atoms with E-state index >= 15 is 0 Å². The quantitative estimate of drug-likeness (QED) is 0.457. The van der Waals surface area contributed by atoms with Crippen LogP contribution in [0.1, 0.15) is 27.6 Å². The van der Waals surface area contributed by atoms with Crippen LogP contribution in [0, 0.1) is 0 Å². The maximum absolute atomic E-state index is 10.8. The Bertz CT molecular complexity index is 422. The van der Waals surface area contributed by atoms with Gasteiger partial charge < -0.3 is 9.84 Å². The second kappa shape index (κ2) is 4.36. The van der Waals surface area contributed by atoms with Gasteiger partial charge in [-0.3, -0.25) is 9.59 Å². The Labute approximate surface area is 85.3 Å². The van der Waals surface area contributed by atoms with Gasteiger partial charge in [-0.15, -0.1) is 0 Å². The molecular weight excluding hydrogens is 200 g/mol. The van der Waals surface area contributed by atoms with Gasteiger partial charge in [-0.1, -0.05) is 12.1 Å². The van der Waals surface area contributed by atoms with Crippen molar-refractivity contribution in [2.75, 3.05) is 0 Å². The molecule has 78 valence electrons. The number of rotatable bonds is 3. The minimum Gasteiger partial charge on any atom is -0.478 e. The normalized spacial score (nSPS) is 9.40. The fourth-order valence-electron chi connectivity index (χ4n) is 1.12. The predicted molar refractivity (Wildman–Crippen MR) is 50.1 cm³/mol. The van der Waals surface area contributed by atoms with Crippen molar-refractivity contribution >= 4 is 18.2 Å². The van der Waals surface area contributed by atoms with Gasteiger partial charge in [0.05, 0.1) is 0 Å². The van der Waals surface area contributed by atoms with Crippen LogP contribution in [0.4, 0.5) is 0 Å². The number of hydrogen-bond donors (Lipinski definition) is 1. The summed E-state index contributed by atoms with van der Waals surface area (Å²) in [5.74, 6) is -2.07. The molecule has 15 heavy (non-hydrogen) atoms. The van der Waals surface area contributed by atoms with E-state index in [0.717, 1.165) is 6.92 Å². The third-order valence-corrected chi connectivity index (χ3v) is 1.65. The van der Waals surface area contributed by atoms with Crippen molar-refractivity contribution in [3.63, 3.8) is 0 Å². The van der Waals surface area contributed by atoms with Gasteiger partial charge in [-0.2, -0.15) is 0 Å². The van der Waals surface area contributed by atoms with Crippen LogP contribution in [0.2, 0.25) is 0 Å². The van der Waals surface area contributed by atoms with Crippen molar-refractivity contribution in [1.29, 1.82) is 0 Å². The lowest BCUT2D eigenvalue weighted by molar-refractivity contribution is -0.131. The Balaban J connectivity index is 3.31. The molecule has 1 rings (SSSR count). The molecule has 0 saturated heterocycles. The minimum absolute atomic E-state index is 0.0266. The second-order valence-corrected chi connectivity index (χ2v) is 2.74. The van der Waals surface area contributed by atoms with Crippen LogP contribution in [0.25, 0.3) is 0 Å². The highest BCUT2D eigenvalue weighted by atomic mass is 16.5. The molecule has 0 aliphatic rings. The Morgan fingerprint density at radius 2 is 2.07 bits per heavy atom. The van der Waals surface area contributed by atoms with E-state index in [1.54, 1.807) is 0 Å². The van der Waals surface area contributed by atoms with Crippen LogP contribution in [0.15, 0.2) is 18.2 Å². The molecule has 0 saturated carbocycles. The van der Waals surface area contributed by atoms with Crippen molar-refractivity contribution in [3.8, 4) is 5.75 Å².